The molecule has 2 aromatic carbocycles. The van der Waals surface area contributed by atoms with E-state index in [-0.39, 0.29) is 5.69 Å². The summed E-state index contributed by atoms with van der Waals surface area (Å²) >= 11 is 0. The SMILES string of the molecule is C=C(C)c1cc2ccccc2c(=O)n1-c1ccccc1C(F)(F)F. The summed E-state index contributed by atoms with van der Waals surface area (Å²) in [7, 11) is 0. The van der Waals surface area contributed by atoms with E-state index in [0.29, 0.717) is 22.0 Å². The minimum absolute atomic E-state index is 0.196. The number of pyridine rings is 1. The number of alkyl halides is 3. The van der Waals surface area contributed by atoms with Gasteiger partial charge in [-0.1, -0.05) is 36.9 Å². The van der Waals surface area contributed by atoms with Gasteiger partial charge in [-0.25, -0.2) is 0 Å². The summed E-state index contributed by atoms with van der Waals surface area (Å²) in [4.78, 5) is 12.9. The molecule has 0 bridgehead atoms. The molecule has 0 N–H and O–H groups in total. The van der Waals surface area contributed by atoms with Gasteiger partial charge in [0.2, 0.25) is 0 Å². The average molecular weight is 329 g/mol. The van der Waals surface area contributed by atoms with Crippen LogP contribution in [0.15, 0.2) is 66.0 Å². The maximum atomic E-state index is 13.4. The standard InChI is InChI=1S/C19H14F3NO/c1-12(2)17-11-13-7-3-4-8-14(13)18(24)23(17)16-10-6-5-9-15(16)19(20,21)22/h3-11H,1H2,2H3. The summed E-state index contributed by atoms with van der Waals surface area (Å²) in [5.74, 6) is 0. The van der Waals surface area contributed by atoms with E-state index in [9.17, 15) is 18.0 Å². The zero-order valence-corrected chi connectivity index (χ0v) is 12.9. The first-order chi connectivity index (χ1) is 11.3. The van der Waals surface area contributed by atoms with Crippen molar-refractivity contribution in [2.24, 2.45) is 0 Å². The fourth-order valence-corrected chi connectivity index (χ4v) is 2.72. The van der Waals surface area contributed by atoms with Crippen LogP contribution in [0, 0.1) is 0 Å². The molecule has 0 aliphatic rings. The molecular weight excluding hydrogens is 315 g/mol. The van der Waals surface area contributed by atoms with E-state index in [1.165, 1.54) is 18.2 Å². The number of para-hydroxylation sites is 1. The van der Waals surface area contributed by atoms with E-state index in [2.05, 4.69) is 6.58 Å². The van der Waals surface area contributed by atoms with E-state index < -0.39 is 17.3 Å². The van der Waals surface area contributed by atoms with E-state index in [0.717, 1.165) is 10.6 Å². The van der Waals surface area contributed by atoms with Crippen LogP contribution in [0.2, 0.25) is 0 Å². The largest absolute Gasteiger partial charge is 0.418 e. The van der Waals surface area contributed by atoms with Gasteiger partial charge in [0.05, 0.1) is 16.9 Å². The van der Waals surface area contributed by atoms with E-state index >= 15 is 0 Å². The third-order valence-electron chi connectivity index (χ3n) is 3.82. The van der Waals surface area contributed by atoms with Gasteiger partial charge >= 0.3 is 6.18 Å². The van der Waals surface area contributed by atoms with Gasteiger partial charge in [0.1, 0.15) is 0 Å². The van der Waals surface area contributed by atoms with Crippen LogP contribution in [-0.4, -0.2) is 4.57 Å². The molecule has 0 saturated carbocycles. The second-order valence-corrected chi connectivity index (χ2v) is 5.55. The quantitative estimate of drug-likeness (QED) is 0.645. The van der Waals surface area contributed by atoms with Crippen molar-refractivity contribution >= 4 is 16.3 Å². The predicted octanol–water partition coefficient (Wildman–Crippen LogP) is 5.04. The normalized spacial score (nSPS) is 11.7. The molecule has 0 atom stereocenters. The third-order valence-corrected chi connectivity index (χ3v) is 3.82. The molecule has 0 spiro atoms. The molecule has 0 unspecified atom stereocenters. The Kier molecular flexibility index (Phi) is 3.79. The predicted molar refractivity (Wildman–Crippen MR) is 89.3 cm³/mol. The maximum absolute atomic E-state index is 13.4. The molecule has 0 aliphatic heterocycles. The summed E-state index contributed by atoms with van der Waals surface area (Å²) in [5.41, 5.74) is -0.684. The lowest BCUT2D eigenvalue weighted by atomic mass is 10.1. The fraction of sp³-hybridized carbons (Fsp3) is 0.105. The molecule has 5 heteroatoms. The Morgan fingerprint density at radius 3 is 2.33 bits per heavy atom. The fourth-order valence-electron chi connectivity index (χ4n) is 2.72. The highest BCUT2D eigenvalue weighted by Gasteiger charge is 2.34. The second kappa shape index (κ2) is 5.67. The van der Waals surface area contributed by atoms with Gasteiger partial charge in [-0.15, -0.1) is 0 Å². The first-order valence-corrected chi connectivity index (χ1v) is 7.28. The van der Waals surface area contributed by atoms with Gasteiger partial charge < -0.3 is 0 Å². The molecule has 0 fully saturated rings. The van der Waals surface area contributed by atoms with Crippen molar-refractivity contribution in [2.75, 3.05) is 0 Å². The Morgan fingerprint density at radius 1 is 1.04 bits per heavy atom. The summed E-state index contributed by atoms with van der Waals surface area (Å²) in [6.45, 7) is 5.47. The van der Waals surface area contributed by atoms with Crippen molar-refractivity contribution in [2.45, 2.75) is 13.1 Å². The van der Waals surface area contributed by atoms with Crippen molar-refractivity contribution in [3.63, 3.8) is 0 Å². The molecule has 24 heavy (non-hydrogen) atoms. The third kappa shape index (κ3) is 2.62. The lowest BCUT2D eigenvalue weighted by molar-refractivity contribution is -0.137. The summed E-state index contributed by atoms with van der Waals surface area (Å²) < 4.78 is 41.2. The van der Waals surface area contributed by atoms with Gasteiger partial charge in [-0.3, -0.25) is 9.36 Å². The lowest BCUT2D eigenvalue weighted by Crippen LogP contribution is -2.24. The van der Waals surface area contributed by atoms with Gasteiger partial charge in [0.25, 0.3) is 5.56 Å². The number of benzene rings is 2. The van der Waals surface area contributed by atoms with Crippen molar-refractivity contribution in [3.8, 4) is 5.69 Å². The number of allylic oxidation sites excluding steroid dienone is 1. The molecule has 0 radical (unpaired) electrons. The van der Waals surface area contributed by atoms with Crippen LogP contribution in [0.1, 0.15) is 18.2 Å². The molecule has 0 saturated heterocycles. The topological polar surface area (TPSA) is 22.0 Å². The van der Waals surface area contributed by atoms with Gasteiger partial charge in [-0.2, -0.15) is 13.2 Å². The zero-order valence-electron chi connectivity index (χ0n) is 12.9. The molecule has 3 rings (SSSR count). The Morgan fingerprint density at radius 2 is 1.67 bits per heavy atom. The van der Waals surface area contributed by atoms with Crippen LogP contribution in [0.5, 0.6) is 0 Å². The second-order valence-electron chi connectivity index (χ2n) is 5.55. The van der Waals surface area contributed by atoms with Crippen LogP contribution < -0.4 is 5.56 Å². The molecule has 1 aromatic heterocycles. The minimum atomic E-state index is -4.56. The van der Waals surface area contributed by atoms with Crippen LogP contribution in [0.4, 0.5) is 13.2 Å². The first-order valence-electron chi connectivity index (χ1n) is 7.28. The van der Waals surface area contributed by atoms with E-state index in [4.69, 9.17) is 0 Å². The molecule has 3 aromatic rings. The molecule has 1 heterocycles. The van der Waals surface area contributed by atoms with Crippen molar-refractivity contribution in [3.05, 3.63) is 82.8 Å². The molecular formula is C19H14F3NO. The Labute approximate surface area is 136 Å². The van der Waals surface area contributed by atoms with Gasteiger partial charge in [0.15, 0.2) is 0 Å². The summed E-state index contributed by atoms with van der Waals surface area (Å²) in [5, 5.41) is 1.03. The highest BCUT2D eigenvalue weighted by atomic mass is 19.4. The number of rotatable bonds is 2. The molecule has 122 valence electrons. The van der Waals surface area contributed by atoms with Crippen LogP contribution >= 0.6 is 0 Å². The highest BCUT2D eigenvalue weighted by Crippen LogP contribution is 2.34. The first kappa shape index (κ1) is 16.1. The monoisotopic (exact) mass is 329 g/mol. The van der Waals surface area contributed by atoms with Crippen molar-refractivity contribution < 1.29 is 13.2 Å². The Bertz CT molecular complexity index is 999. The number of halogens is 3. The van der Waals surface area contributed by atoms with Crippen LogP contribution in [-0.2, 0) is 6.18 Å². The number of aromatic nitrogens is 1. The van der Waals surface area contributed by atoms with E-state index in [1.807, 2.05) is 0 Å². The van der Waals surface area contributed by atoms with Crippen LogP contribution in [0.25, 0.3) is 22.0 Å². The molecule has 0 aliphatic carbocycles. The zero-order chi connectivity index (χ0) is 17.5. The molecule has 0 amide bonds. The number of hydrogen-bond acceptors (Lipinski definition) is 1. The van der Waals surface area contributed by atoms with Gasteiger partial charge in [-0.05, 0) is 42.1 Å². The Hall–Kier alpha value is -2.82. The summed E-state index contributed by atoms with van der Waals surface area (Å²) in [6, 6.07) is 13.6. The maximum Gasteiger partial charge on any atom is 0.418 e. The van der Waals surface area contributed by atoms with Gasteiger partial charge in [0, 0.05) is 5.39 Å². The highest BCUT2D eigenvalue weighted by molar-refractivity contribution is 5.85. The number of nitrogens with zero attached hydrogens (tertiary/aromatic N) is 1. The number of fused-ring (bicyclic) bond motifs is 1. The minimum Gasteiger partial charge on any atom is -0.276 e. The lowest BCUT2D eigenvalue weighted by Gasteiger charge is -2.19. The van der Waals surface area contributed by atoms with E-state index in [1.54, 1.807) is 37.3 Å². The number of hydrogen-bond donors (Lipinski definition) is 0. The molecule has 2 nitrogen and oxygen atoms in total. The average Bonchev–Trinajstić information content (AvgIpc) is 2.54. The van der Waals surface area contributed by atoms with Crippen LogP contribution in [0.3, 0.4) is 0 Å². The van der Waals surface area contributed by atoms with Crippen molar-refractivity contribution in [1.29, 1.82) is 0 Å². The summed E-state index contributed by atoms with van der Waals surface area (Å²) in [6.07, 6.45) is -4.56. The Balaban J connectivity index is 2.47. The smallest absolute Gasteiger partial charge is 0.276 e. The van der Waals surface area contributed by atoms with Crippen molar-refractivity contribution in [1.82, 2.24) is 4.57 Å².